The van der Waals surface area contributed by atoms with Crippen LogP contribution in [0.25, 0.3) is 0 Å². The largest absolute Gasteiger partial charge is 0.349 e. The minimum atomic E-state index is 0.0207. The number of thiazole rings is 1. The summed E-state index contributed by atoms with van der Waals surface area (Å²) in [5.41, 5.74) is 4.20. The first-order chi connectivity index (χ1) is 11.6. The van der Waals surface area contributed by atoms with Crippen LogP contribution in [0.4, 0.5) is 0 Å². The molecule has 0 aromatic carbocycles. The number of carbonyl (C=O) groups excluding carboxylic acids is 1. The van der Waals surface area contributed by atoms with Gasteiger partial charge in [0.1, 0.15) is 0 Å². The van der Waals surface area contributed by atoms with Crippen molar-refractivity contribution in [1.29, 1.82) is 0 Å². The van der Waals surface area contributed by atoms with Crippen molar-refractivity contribution in [3.8, 4) is 0 Å². The number of hydrogen-bond donors (Lipinski definition) is 1. The van der Waals surface area contributed by atoms with E-state index in [9.17, 15) is 4.79 Å². The molecule has 1 amide bonds. The SMILES string of the molecule is Cc1ncsc1CN1CCC2(CC(NC(=O)c3ccncc3)C2)C1. The van der Waals surface area contributed by atoms with Crippen molar-refractivity contribution in [2.45, 2.75) is 38.8 Å². The molecule has 1 aliphatic carbocycles. The molecule has 6 heteroatoms. The average Bonchev–Trinajstić information content (AvgIpc) is 3.15. The van der Waals surface area contributed by atoms with Gasteiger partial charge in [0, 0.05) is 42.0 Å². The molecular formula is C18H22N4OS. The molecule has 0 radical (unpaired) electrons. The first kappa shape index (κ1) is 15.7. The third-order valence-corrected chi connectivity index (χ3v) is 6.29. The number of nitrogens with zero attached hydrogens (tertiary/aromatic N) is 3. The van der Waals surface area contributed by atoms with Gasteiger partial charge in [-0.05, 0) is 50.3 Å². The summed E-state index contributed by atoms with van der Waals surface area (Å²) in [6, 6.07) is 3.84. The minimum absolute atomic E-state index is 0.0207. The van der Waals surface area contributed by atoms with Gasteiger partial charge in [-0.15, -0.1) is 11.3 Å². The third kappa shape index (κ3) is 3.08. The summed E-state index contributed by atoms with van der Waals surface area (Å²) in [4.78, 5) is 24.4. The van der Waals surface area contributed by atoms with E-state index in [1.165, 1.54) is 11.3 Å². The molecule has 1 saturated carbocycles. The normalized spacial score (nSPS) is 26.5. The predicted octanol–water partition coefficient (Wildman–Crippen LogP) is 2.63. The molecule has 0 unspecified atom stereocenters. The fourth-order valence-electron chi connectivity index (χ4n) is 4.04. The maximum Gasteiger partial charge on any atom is 0.251 e. The van der Waals surface area contributed by atoms with E-state index < -0.39 is 0 Å². The van der Waals surface area contributed by atoms with E-state index in [1.54, 1.807) is 35.9 Å². The maximum absolute atomic E-state index is 12.2. The summed E-state index contributed by atoms with van der Waals surface area (Å²) >= 11 is 1.75. The second-order valence-corrected chi connectivity index (χ2v) is 8.08. The van der Waals surface area contributed by atoms with Gasteiger partial charge in [-0.3, -0.25) is 14.7 Å². The van der Waals surface area contributed by atoms with E-state index >= 15 is 0 Å². The van der Waals surface area contributed by atoms with Crippen molar-refractivity contribution in [2.75, 3.05) is 13.1 Å². The molecule has 2 aromatic rings. The van der Waals surface area contributed by atoms with Crippen LogP contribution in [0.5, 0.6) is 0 Å². The van der Waals surface area contributed by atoms with Gasteiger partial charge in [-0.25, -0.2) is 4.98 Å². The highest BCUT2D eigenvalue weighted by molar-refractivity contribution is 7.09. The van der Waals surface area contributed by atoms with E-state index in [0.717, 1.165) is 38.2 Å². The predicted molar refractivity (Wildman–Crippen MR) is 93.9 cm³/mol. The standard InChI is InChI=1S/C18H22N4OS/c1-13-16(24-12-20-13)10-22-7-4-18(11-22)8-15(9-18)21-17(23)14-2-5-19-6-3-14/h2-3,5-6,12,15H,4,7-11H2,1H3,(H,21,23). The average molecular weight is 342 g/mol. The Labute approximate surface area is 146 Å². The smallest absolute Gasteiger partial charge is 0.251 e. The number of rotatable bonds is 4. The molecule has 126 valence electrons. The lowest BCUT2D eigenvalue weighted by molar-refractivity contribution is 0.0694. The summed E-state index contributed by atoms with van der Waals surface area (Å²) in [6.45, 7) is 5.41. The van der Waals surface area contributed by atoms with Crippen LogP contribution in [0, 0.1) is 12.3 Å². The molecule has 5 nitrogen and oxygen atoms in total. The first-order valence-corrected chi connectivity index (χ1v) is 9.34. The Morgan fingerprint density at radius 2 is 2.21 bits per heavy atom. The van der Waals surface area contributed by atoms with Crippen molar-refractivity contribution < 1.29 is 4.79 Å². The summed E-state index contributed by atoms with van der Waals surface area (Å²) < 4.78 is 0. The molecule has 0 atom stereocenters. The number of pyridine rings is 1. The zero-order valence-corrected chi connectivity index (χ0v) is 14.7. The fraction of sp³-hybridized carbons (Fsp3) is 0.500. The van der Waals surface area contributed by atoms with Crippen LogP contribution in [0.15, 0.2) is 30.0 Å². The summed E-state index contributed by atoms with van der Waals surface area (Å²) in [6.07, 6.45) is 6.76. The summed E-state index contributed by atoms with van der Waals surface area (Å²) in [5, 5.41) is 3.16. The van der Waals surface area contributed by atoms with Gasteiger partial charge in [0.2, 0.25) is 0 Å². The van der Waals surface area contributed by atoms with Gasteiger partial charge in [0.05, 0.1) is 11.2 Å². The van der Waals surface area contributed by atoms with E-state index in [-0.39, 0.29) is 5.91 Å². The second-order valence-electron chi connectivity index (χ2n) is 7.14. The Balaban J connectivity index is 1.28. The van der Waals surface area contributed by atoms with E-state index in [4.69, 9.17) is 0 Å². The number of nitrogens with one attached hydrogen (secondary N) is 1. The zero-order chi connectivity index (χ0) is 16.6. The van der Waals surface area contributed by atoms with E-state index in [0.29, 0.717) is 17.0 Å². The van der Waals surface area contributed by atoms with Gasteiger partial charge < -0.3 is 5.32 Å². The van der Waals surface area contributed by atoms with Crippen LogP contribution < -0.4 is 5.32 Å². The minimum Gasteiger partial charge on any atom is -0.349 e. The van der Waals surface area contributed by atoms with E-state index in [2.05, 4.69) is 27.1 Å². The van der Waals surface area contributed by atoms with Crippen LogP contribution in [0.2, 0.25) is 0 Å². The molecule has 2 fully saturated rings. The van der Waals surface area contributed by atoms with Crippen molar-refractivity contribution in [3.63, 3.8) is 0 Å². The van der Waals surface area contributed by atoms with E-state index in [1.807, 2.05) is 5.51 Å². The Kier molecular flexibility index (Phi) is 4.10. The Morgan fingerprint density at radius 1 is 1.42 bits per heavy atom. The topological polar surface area (TPSA) is 58.1 Å². The maximum atomic E-state index is 12.2. The van der Waals surface area contributed by atoms with Crippen molar-refractivity contribution in [3.05, 3.63) is 46.2 Å². The quantitative estimate of drug-likeness (QED) is 0.928. The highest BCUT2D eigenvalue weighted by Crippen LogP contribution is 2.48. The van der Waals surface area contributed by atoms with Crippen LogP contribution in [-0.2, 0) is 6.54 Å². The van der Waals surface area contributed by atoms with Crippen LogP contribution >= 0.6 is 11.3 Å². The molecule has 4 rings (SSSR count). The van der Waals surface area contributed by atoms with Crippen LogP contribution in [0.3, 0.4) is 0 Å². The van der Waals surface area contributed by atoms with Gasteiger partial charge in [0.15, 0.2) is 0 Å². The van der Waals surface area contributed by atoms with Gasteiger partial charge in [-0.1, -0.05) is 0 Å². The van der Waals surface area contributed by atoms with Gasteiger partial charge >= 0.3 is 0 Å². The molecule has 1 aliphatic heterocycles. The van der Waals surface area contributed by atoms with Crippen molar-refractivity contribution in [2.24, 2.45) is 5.41 Å². The second kappa shape index (κ2) is 6.26. The summed E-state index contributed by atoms with van der Waals surface area (Å²) in [5.74, 6) is 0.0207. The molecule has 3 heterocycles. The number of amides is 1. The van der Waals surface area contributed by atoms with Crippen molar-refractivity contribution in [1.82, 2.24) is 20.2 Å². The number of aromatic nitrogens is 2. The number of hydrogen-bond acceptors (Lipinski definition) is 5. The first-order valence-electron chi connectivity index (χ1n) is 8.46. The molecule has 0 bridgehead atoms. The highest BCUT2D eigenvalue weighted by atomic mass is 32.1. The highest BCUT2D eigenvalue weighted by Gasteiger charge is 2.48. The van der Waals surface area contributed by atoms with Gasteiger partial charge in [0.25, 0.3) is 5.91 Å². The molecule has 24 heavy (non-hydrogen) atoms. The zero-order valence-electron chi connectivity index (χ0n) is 13.9. The Hall–Kier alpha value is -1.79. The van der Waals surface area contributed by atoms with Gasteiger partial charge in [-0.2, -0.15) is 0 Å². The van der Waals surface area contributed by atoms with Crippen LogP contribution in [-0.4, -0.2) is 39.9 Å². The molecule has 2 aromatic heterocycles. The lowest BCUT2D eigenvalue weighted by atomic mass is 9.65. The third-order valence-electron chi connectivity index (χ3n) is 5.37. The molecular weight excluding hydrogens is 320 g/mol. The monoisotopic (exact) mass is 342 g/mol. The molecule has 1 saturated heterocycles. The Bertz CT molecular complexity index is 724. The molecule has 1 spiro atoms. The molecule has 1 N–H and O–H groups in total. The lowest BCUT2D eigenvalue weighted by Crippen LogP contribution is -2.51. The summed E-state index contributed by atoms with van der Waals surface area (Å²) in [7, 11) is 0. The number of likely N-dealkylation sites (tertiary alicyclic amines) is 1. The van der Waals surface area contributed by atoms with Crippen LogP contribution in [0.1, 0.15) is 40.2 Å². The van der Waals surface area contributed by atoms with Crippen molar-refractivity contribution >= 4 is 17.2 Å². The number of aryl methyl sites for hydroxylation is 1. The lowest BCUT2D eigenvalue weighted by Gasteiger charge is -2.45. The molecule has 2 aliphatic rings. The number of carbonyl (C=O) groups is 1. The Morgan fingerprint density at radius 3 is 2.92 bits per heavy atom. The fourth-order valence-corrected chi connectivity index (χ4v) is 4.86.